The Morgan fingerprint density at radius 2 is 2.17 bits per heavy atom. The molecule has 18 heavy (non-hydrogen) atoms. The van der Waals surface area contributed by atoms with Gasteiger partial charge in [0, 0.05) is 24.8 Å². The van der Waals surface area contributed by atoms with E-state index in [0.29, 0.717) is 12.3 Å². The molecule has 1 rings (SSSR count). The van der Waals surface area contributed by atoms with Crippen LogP contribution < -0.4 is 4.90 Å². The van der Waals surface area contributed by atoms with Crippen LogP contribution in [-0.2, 0) is 0 Å². The standard InChI is InChI=1S/C13H18N2O3/c1-4-5-10(2)14(3)12-6-7-13(15(17)18)11(8-12)9-16/h6-10H,4-5H2,1-3H3. The zero-order chi connectivity index (χ0) is 13.7. The van der Waals surface area contributed by atoms with Crippen molar-refractivity contribution >= 4 is 17.7 Å². The number of nitro benzene ring substituents is 1. The molecule has 0 fully saturated rings. The zero-order valence-electron chi connectivity index (χ0n) is 10.9. The molecule has 0 heterocycles. The maximum Gasteiger partial charge on any atom is 0.280 e. The van der Waals surface area contributed by atoms with E-state index in [2.05, 4.69) is 13.8 Å². The van der Waals surface area contributed by atoms with Crippen LogP contribution in [0.4, 0.5) is 11.4 Å². The molecule has 0 spiro atoms. The second-order valence-electron chi connectivity index (χ2n) is 4.37. The summed E-state index contributed by atoms with van der Waals surface area (Å²) in [6.45, 7) is 4.20. The van der Waals surface area contributed by atoms with E-state index in [9.17, 15) is 14.9 Å². The van der Waals surface area contributed by atoms with Crippen molar-refractivity contribution in [2.75, 3.05) is 11.9 Å². The van der Waals surface area contributed by atoms with E-state index in [4.69, 9.17) is 0 Å². The Morgan fingerprint density at radius 1 is 1.50 bits per heavy atom. The Hall–Kier alpha value is -1.91. The molecular formula is C13H18N2O3. The first kappa shape index (κ1) is 14.2. The number of anilines is 1. The Kier molecular flexibility index (Phi) is 4.83. The van der Waals surface area contributed by atoms with Crippen molar-refractivity contribution in [3.63, 3.8) is 0 Å². The molecule has 1 unspecified atom stereocenters. The lowest BCUT2D eigenvalue weighted by atomic mass is 10.1. The van der Waals surface area contributed by atoms with Crippen LogP contribution >= 0.6 is 0 Å². The maximum atomic E-state index is 10.9. The van der Waals surface area contributed by atoms with Gasteiger partial charge in [0.15, 0.2) is 6.29 Å². The minimum atomic E-state index is -0.539. The topological polar surface area (TPSA) is 63.4 Å². The first-order chi connectivity index (χ1) is 8.51. The van der Waals surface area contributed by atoms with E-state index >= 15 is 0 Å². The van der Waals surface area contributed by atoms with Gasteiger partial charge >= 0.3 is 0 Å². The minimum absolute atomic E-state index is 0.119. The van der Waals surface area contributed by atoms with Crippen molar-refractivity contribution in [3.8, 4) is 0 Å². The maximum absolute atomic E-state index is 10.9. The van der Waals surface area contributed by atoms with E-state index in [0.717, 1.165) is 18.5 Å². The van der Waals surface area contributed by atoms with Crippen LogP contribution in [0.5, 0.6) is 0 Å². The molecule has 0 aliphatic carbocycles. The monoisotopic (exact) mass is 250 g/mol. The number of nitro groups is 1. The first-order valence-corrected chi connectivity index (χ1v) is 5.97. The van der Waals surface area contributed by atoms with Crippen molar-refractivity contribution in [2.24, 2.45) is 0 Å². The van der Waals surface area contributed by atoms with E-state index in [1.807, 2.05) is 11.9 Å². The summed E-state index contributed by atoms with van der Waals surface area (Å²) >= 11 is 0. The Balaban J connectivity index is 3.05. The highest BCUT2D eigenvalue weighted by molar-refractivity contribution is 5.83. The van der Waals surface area contributed by atoms with E-state index < -0.39 is 4.92 Å². The summed E-state index contributed by atoms with van der Waals surface area (Å²) in [5, 5.41) is 10.7. The number of carbonyl (C=O) groups excluding carboxylic acids is 1. The summed E-state index contributed by atoms with van der Waals surface area (Å²) in [7, 11) is 1.93. The van der Waals surface area contributed by atoms with Gasteiger partial charge in [-0.25, -0.2) is 0 Å². The summed E-state index contributed by atoms with van der Waals surface area (Å²) in [6, 6.07) is 4.96. The fourth-order valence-electron chi connectivity index (χ4n) is 1.89. The molecular weight excluding hydrogens is 232 g/mol. The predicted octanol–water partition coefficient (Wildman–Crippen LogP) is 3.03. The lowest BCUT2D eigenvalue weighted by Gasteiger charge is -2.26. The quantitative estimate of drug-likeness (QED) is 0.442. The number of hydrogen-bond donors (Lipinski definition) is 0. The van der Waals surface area contributed by atoms with Crippen LogP contribution in [0.2, 0.25) is 0 Å². The zero-order valence-corrected chi connectivity index (χ0v) is 10.9. The average Bonchev–Trinajstić information content (AvgIpc) is 2.37. The molecule has 98 valence electrons. The molecule has 0 N–H and O–H groups in total. The number of aldehydes is 1. The Labute approximate surface area is 107 Å². The SMILES string of the molecule is CCCC(C)N(C)c1ccc([N+](=O)[O-])c(C=O)c1. The number of carbonyl (C=O) groups is 1. The minimum Gasteiger partial charge on any atom is -0.372 e. The van der Waals surface area contributed by atoms with Gasteiger partial charge in [-0.3, -0.25) is 14.9 Å². The summed E-state index contributed by atoms with van der Waals surface area (Å²) in [5.41, 5.74) is 0.794. The van der Waals surface area contributed by atoms with E-state index in [1.165, 1.54) is 6.07 Å². The highest BCUT2D eigenvalue weighted by atomic mass is 16.6. The fourth-order valence-corrected chi connectivity index (χ4v) is 1.89. The van der Waals surface area contributed by atoms with E-state index in [1.54, 1.807) is 12.1 Å². The summed E-state index contributed by atoms with van der Waals surface area (Å²) in [5.74, 6) is 0. The summed E-state index contributed by atoms with van der Waals surface area (Å²) in [6.07, 6.45) is 2.63. The molecule has 0 amide bonds. The van der Waals surface area contributed by atoms with Crippen molar-refractivity contribution in [2.45, 2.75) is 32.7 Å². The van der Waals surface area contributed by atoms with Gasteiger partial charge in [0.25, 0.3) is 5.69 Å². The van der Waals surface area contributed by atoms with Crippen molar-refractivity contribution in [1.29, 1.82) is 0 Å². The van der Waals surface area contributed by atoms with Crippen molar-refractivity contribution in [1.82, 2.24) is 0 Å². The van der Waals surface area contributed by atoms with Gasteiger partial charge in [-0.2, -0.15) is 0 Å². The normalized spacial score (nSPS) is 11.9. The molecule has 1 aromatic rings. The molecule has 0 saturated carbocycles. The smallest absolute Gasteiger partial charge is 0.280 e. The second kappa shape index (κ2) is 6.14. The first-order valence-electron chi connectivity index (χ1n) is 5.97. The Morgan fingerprint density at radius 3 is 2.67 bits per heavy atom. The molecule has 0 radical (unpaired) electrons. The molecule has 0 aliphatic rings. The molecule has 1 aromatic carbocycles. The van der Waals surface area contributed by atoms with Gasteiger partial charge in [-0.1, -0.05) is 13.3 Å². The average molecular weight is 250 g/mol. The van der Waals surface area contributed by atoms with E-state index in [-0.39, 0.29) is 11.3 Å². The van der Waals surface area contributed by atoms with Gasteiger partial charge in [0.1, 0.15) is 0 Å². The van der Waals surface area contributed by atoms with Gasteiger partial charge < -0.3 is 4.90 Å². The number of nitrogens with zero attached hydrogens (tertiary/aromatic N) is 2. The van der Waals surface area contributed by atoms with Crippen LogP contribution in [0.25, 0.3) is 0 Å². The molecule has 0 aliphatic heterocycles. The lowest BCUT2D eigenvalue weighted by Crippen LogP contribution is -2.28. The summed E-state index contributed by atoms with van der Waals surface area (Å²) < 4.78 is 0. The molecule has 5 heteroatoms. The molecule has 0 bridgehead atoms. The third-order valence-corrected chi connectivity index (χ3v) is 3.11. The van der Waals surface area contributed by atoms with Gasteiger partial charge in [-0.05, 0) is 25.5 Å². The van der Waals surface area contributed by atoms with Crippen molar-refractivity contribution in [3.05, 3.63) is 33.9 Å². The molecule has 0 aromatic heterocycles. The van der Waals surface area contributed by atoms with Crippen LogP contribution in [0, 0.1) is 10.1 Å². The molecule has 5 nitrogen and oxygen atoms in total. The van der Waals surface area contributed by atoms with Gasteiger partial charge in [0.2, 0.25) is 0 Å². The number of rotatable bonds is 6. The third kappa shape index (κ3) is 3.06. The highest BCUT2D eigenvalue weighted by Gasteiger charge is 2.16. The van der Waals surface area contributed by atoms with Gasteiger partial charge in [-0.15, -0.1) is 0 Å². The van der Waals surface area contributed by atoms with Gasteiger partial charge in [0.05, 0.1) is 10.5 Å². The predicted molar refractivity (Wildman–Crippen MR) is 71.3 cm³/mol. The molecule has 0 saturated heterocycles. The number of hydrogen-bond acceptors (Lipinski definition) is 4. The Bertz CT molecular complexity index is 446. The third-order valence-electron chi connectivity index (χ3n) is 3.11. The highest BCUT2D eigenvalue weighted by Crippen LogP contribution is 2.25. The largest absolute Gasteiger partial charge is 0.372 e. The molecule has 1 atom stereocenters. The summed E-state index contributed by atoms with van der Waals surface area (Å²) in [4.78, 5) is 23.1. The van der Waals surface area contributed by atoms with Crippen LogP contribution in [-0.4, -0.2) is 24.3 Å². The fraction of sp³-hybridized carbons (Fsp3) is 0.462. The van der Waals surface area contributed by atoms with Crippen LogP contribution in [0.15, 0.2) is 18.2 Å². The second-order valence-corrected chi connectivity index (χ2v) is 4.37. The van der Waals surface area contributed by atoms with Crippen LogP contribution in [0.1, 0.15) is 37.0 Å². The number of benzene rings is 1. The van der Waals surface area contributed by atoms with Crippen LogP contribution in [0.3, 0.4) is 0 Å². The lowest BCUT2D eigenvalue weighted by molar-refractivity contribution is -0.385. The van der Waals surface area contributed by atoms with Crippen molar-refractivity contribution < 1.29 is 9.72 Å².